The van der Waals surface area contributed by atoms with Gasteiger partial charge in [-0.1, -0.05) is 0 Å². The number of rotatable bonds is 0. The molecule has 0 aromatic rings. The van der Waals surface area contributed by atoms with E-state index < -0.39 is 0 Å². The Bertz CT molecular complexity index is 10.8. The molecule has 0 bridgehead atoms. The molecule has 0 radical (unpaired) electrons. The quantitative estimate of drug-likeness (QED) is 0.586. The molecular weight excluding hydrogens is 303 g/mol. The van der Waals surface area contributed by atoms with Gasteiger partial charge < -0.3 is 0 Å². The molecule has 0 heterocycles. The Kier molecular flexibility index (Phi) is 17.9. The molecule has 0 nitrogen and oxygen atoms in total. The van der Waals surface area contributed by atoms with Gasteiger partial charge in [-0.05, 0) is 0 Å². The van der Waals surface area contributed by atoms with Crippen molar-refractivity contribution in [1.29, 1.82) is 0 Å². The summed E-state index contributed by atoms with van der Waals surface area (Å²) in [6.45, 7) is 6.50. The molecular formula is C3H5Rf-. The number of hydrogen-bond acceptors (Lipinski definition) is 0. The van der Waals surface area contributed by atoms with Gasteiger partial charge in [0.15, 0.2) is 0 Å². The molecule has 0 fully saturated rings. The van der Waals surface area contributed by atoms with Crippen molar-refractivity contribution in [3.63, 3.8) is 0 Å². The van der Waals surface area contributed by atoms with Gasteiger partial charge in [-0.2, -0.15) is 0 Å². The molecule has 20 valence electrons. The molecule has 0 atom stereocenters. The van der Waals surface area contributed by atoms with E-state index in [1.54, 1.807) is 0 Å². The normalized spacial score (nSPS) is 3.00. The van der Waals surface area contributed by atoms with Crippen LogP contribution >= 0.6 is 0 Å². The van der Waals surface area contributed by atoms with Gasteiger partial charge in [-0.25, -0.2) is 19.6 Å². The molecule has 0 amide bonds. The van der Waals surface area contributed by atoms with Gasteiger partial charge in [-0.3, -0.25) is 0 Å². The van der Waals surface area contributed by atoms with Gasteiger partial charge in [-0.15, -0.1) is 0 Å². The molecule has 0 saturated heterocycles. The van der Waals surface area contributed by atoms with Gasteiger partial charge in [0.1, 0.15) is 0 Å². The van der Waals surface area contributed by atoms with Crippen molar-refractivity contribution in [2.45, 2.75) is 0 Å². The van der Waals surface area contributed by atoms with Gasteiger partial charge in [0.2, 0.25) is 0 Å². The van der Waals surface area contributed by atoms with Crippen LogP contribution in [0, 0.1) is 6.92 Å². The third-order valence-electron chi connectivity index (χ3n) is 0. The van der Waals surface area contributed by atoms with Crippen LogP contribution in [0.4, 0.5) is 0 Å². The second kappa shape index (κ2) is 3.94. The molecule has 0 N–H and O–H groups in total. The van der Waals surface area contributed by atoms with Crippen LogP contribution in [-0.2, 0) is 0 Å². The number of allylic oxidation sites excluding steroid dienone is 1. The monoisotopic (exact) mass is 308 g/mol. The Morgan fingerprint density at radius 2 is 1.75 bits per heavy atom. The standard InChI is InChI=1S/C3H5.Rf/c1-3-2;/h3H,1-2H2;/q-1;. The van der Waals surface area contributed by atoms with Crippen molar-refractivity contribution in [1.82, 2.24) is 0 Å². The first-order valence-electron chi connectivity index (χ1n) is 0.816. The smallest absolute Gasteiger partial charge is 0 e. The van der Waals surface area contributed by atoms with Crippen LogP contribution in [0.1, 0.15) is 0 Å². The van der Waals surface area contributed by atoms with E-state index in [0.717, 1.165) is 0 Å². The fraction of sp³-hybridized carbons (Fsp3) is 0. The Hall–Kier alpha value is -1.39. The predicted octanol–water partition coefficient (Wildman–Crippen LogP) is 1.01. The van der Waals surface area contributed by atoms with E-state index in [1.807, 2.05) is 0 Å². The number of hydrogen-bond donors (Lipinski definition) is 0. The molecule has 0 aromatic carbocycles. The molecule has 0 aliphatic heterocycles. The first kappa shape index (κ1) is 18.2. The summed E-state index contributed by atoms with van der Waals surface area (Å²) in [6.07, 6.45) is 1.50. The van der Waals surface area contributed by atoms with Gasteiger partial charge in [0.05, 0.1) is 0 Å². The molecule has 0 spiro atoms. The maximum absolute atomic E-state index is 3.25. The maximum Gasteiger partial charge on any atom is 0 e. The van der Waals surface area contributed by atoms with Crippen molar-refractivity contribution < 1.29 is 0 Å². The predicted molar refractivity (Wildman–Crippen MR) is 15.6 cm³/mol. The van der Waals surface area contributed by atoms with Crippen LogP contribution in [-0.4, -0.2) is 0 Å². The van der Waals surface area contributed by atoms with E-state index in [-0.39, 0.29) is 0 Å². The molecule has 0 aliphatic carbocycles. The maximum atomic E-state index is 3.25. The van der Waals surface area contributed by atoms with E-state index in [9.17, 15) is 0 Å². The average molecular weight is 308 g/mol. The fourth-order valence-electron chi connectivity index (χ4n) is 0. The van der Waals surface area contributed by atoms with Crippen LogP contribution in [0.2, 0.25) is 0 Å². The van der Waals surface area contributed by atoms with Gasteiger partial charge in [0, 0.05) is 0 Å². The van der Waals surface area contributed by atoms with Crippen molar-refractivity contribution in [3.8, 4) is 0 Å². The summed E-state index contributed by atoms with van der Waals surface area (Å²) in [6, 6.07) is 0. The Balaban J connectivity index is 0. The molecule has 0 saturated carbocycles. The third kappa shape index (κ3) is 0.0480. The minimum Gasteiger partial charge on any atom is -0.245 e. The Morgan fingerprint density at radius 3 is 1.75 bits per heavy atom. The van der Waals surface area contributed by atoms with E-state index >= 15 is 0 Å². The fourth-order valence-corrected chi connectivity index (χ4v) is 0. The minimum absolute atomic E-state index is 0. The summed E-state index contributed by atoms with van der Waals surface area (Å²) in [5, 5.41) is 0. The van der Waals surface area contributed by atoms with Crippen molar-refractivity contribution in [2.24, 2.45) is 0 Å². The zero-order chi connectivity index (χ0) is 2.71. The molecule has 1 heteroatoms. The van der Waals surface area contributed by atoms with Crippen LogP contribution in [0.15, 0.2) is 12.7 Å². The molecule has 0 rings (SSSR count). The summed E-state index contributed by atoms with van der Waals surface area (Å²) in [5.41, 5.74) is 0. The summed E-state index contributed by atoms with van der Waals surface area (Å²) in [4.78, 5) is 0. The van der Waals surface area contributed by atoms with E-state index in [4.69, 9.17) is 0 Å². The van der Waals surface area contributed by atoms with Gasteiger partial charge in [0.25, 0.3) is 0 Å². The van der Waals surface area contributed by atoms with Crippen LogP contribution in [0.25, 0.3) is 0 Å². The minimum atomic E-state index is 0. The first-order valence-corrected chi connectivity index (χ1v) is 0.816. The summed E-state index contributed by atoms with van der Waals surface area (Å²) in [7, 11) is 0. The molecule has 0 unspecified atom stereocenters. The first-order chi connectivity index (χ1) is 1.41. The van der Waals surface area contributed by atoms with Crippen molar-refractivity contribution in [2.75, 3.05) is 0 Å². The second-order valence-electron chi connectivity index (χ2n) is 0.289. The average Bonchev–Trinajstić information content (AvgIpc) is 0.918. The largest absolute Gasteiger partial charge is 0.245 e. The Labute approximate surface area is 20.8 Å². The van der Waals surface area contributed by atoms with Crippen molar-refractivity contribution in [3.05, 3.63) is 19.6 Å². The van der Waals surface area contributed by atoms with Gasteiger partial charge >= 0.3 is 0 Å². The zero-order valence-electron chi connectivity index (χ0n) is 2.70. The zero-order valence-corrected chi connectivity index (χ0v) is 9.10. The topological polar surface area (TPSA) is 0 Å². The van der Waals surface area contributed by atoms with E-state index in [0.29, 0.717) is 0 Å². The molecule has 0 aromatic heterocycles. The SMILES string of the molecule is C=C[CH2-].[Rf]. The Morgan fingerprint density at radius 1 is 1.75 bits per heavy atom. The van der Waals surface area contributed by atoms with Crippen LogP contribution < -0.4 is 0 Å². The van der Waals surface area contributed by atoms with E-state index in [2.05, 4.69) is 13.5 Å². The van der Waals surface area contributed by atoms with Crippen LogP contribution in [0.3, 0.4) is 0 Å². The summed E-state index contributed by atoms with van der Waals surface area (Å²) >= 11 is 0. The summed E-state index contributed by atoms with van der Waals surface area (Å²) in [5.74, 6) is 0. The third-order valence-corrected chi connectivity index (χ3v) is 0. The second-order valence-corrected chi connectivity index (χ2v) is 0.289. The van der Waals surface area contributed by atoms with Crippen LogP contribution in [0.5, 0.6) is 0 Å². The molecule has 0 aliphatic rings. The van der Waals surface area contributed by atoms with Crippen molar-refractivity contribution >= 4 is 0 Å². The summed E-state index contributed by atoms with van der Waals surface area (Å²) < 4.78 is 0. The van der Waals surface area contributed by atoms with E-state index in [1.165, 1.54) is 6.08 Å². The molecule has 4 heavy (non-hydrogen) atoms.